The molecule has 20 heavy (non-hydrogen) atoms. The highest BCUT2D eigenvalue weighted by Crippen LogP contribution is 2.22. The molecule has 4 nitrogen and oxygen atoms in total. The topological polar surface area (TPSA) is 49.9 Å². The van der Waals surface area contributed by atoms with Crippen LogP contribution in [0.4, 0.5) is 0 Å². The Balaban J connectivity index is 1.78. The molecule has 0 saturated carbocycles. The van der Waals surface area contributed by atoms with Gasteiger partial charge in [0.2, 0.25) is 0 Å². The number of hydrogen-bond donors (Lipinski definition) is 2. The van der Waals surface area contributed by atoms with E-state index in [1.165, 1.54) is 6.42 Å². The van der Waals surface area contributed by atoms with E-state index >= 15 is 0 Å². The summed E-state index contributed by atoms with van der Waals surface area (Å²) < 4.78 is 5.21. The Morgan fingerprint density at radius 3 is 2.95 bits per heavy atom. The number of nitrogens with zero attached hydrogens (tertiary/aromatic N) is 1. The maximum atomic E-state index is 5.21. The lowest BCUT2D eigenvalue weighted by atomic mass is 10.1. The van der Waals surface area contributed by atoms with Crippen molar-refractivity contribution in [2.45, 2.75) is 25.4 Å². The fraction of sp³-hybridized carbons (Fsp3) is 0.533. The molecule has 0 radical (unpaired) electrons. The summed E-state index contributed by atoms with van der Waals surface area (Å²) in [7, 11) is 1.68. The highest BCUT2D eigenvalue weighted by Gasteiger charge is 2.04. The van der Waals surface area contributed by atoms with Crippen LogP contribution < -0.4 is 10.1 Å². The minimum atomic E-state index is 0.764. The number of imidazole rings is 1. The summed E-state index contributed by atoms with van der Waals surface area (Å²) in [4.78, 5) is 7.88. The van der Waals surface area contributed by atoms with Crippen LogP contribution in [-0.4, -0.2) is 35.9 Å². The summed E-state index contributed by atoms with van der Waals surface area (Å²) >= 11 is 1.75. The largest absolute Gasteiger partial charge is 0.497 e. The van der Waals surface area contributed by atoms with Crippen molar-refractivity contribution < 1.29 is 4.74 Å². The first-order valence-corrected chi connectivity index (χ1v) is 8.05. The fourth-order valence-electron chi connectivity index (χ4n) is 1.90. The van der Waals surface area contributed by atoms with Crippen LogP contribution in [0, 0.1) is 5.92 Å². The Kier molecular flexibility index (Phi) is 5.73. The first-order valence-electron chi connectivity index (χ1n) is 7.06. The molecule has 0 amide bonds. The van der Waals surface area contributed by atoms with Crippen molar-refractivity contribution in [3.63, 3.8) is 0 Å². The van der Waals surface area contributed by atoms with Crippen LogP contribution >= 0.6 is 11.8 Å². The second kappa shape index (κ2) is 7.55. The molecule has 5 heteroatoms. The Labute approximate surface area is 124 Å². The molecule has 0 aliphatic heterocycles. The van der Waals surface area contributed by atoms with Crippen LogP contribution in [0.25, 0.3) is 11.0 Å². The molecule has 0 fully saturated rings. The number of H-pyrrole nitrogens is 1. The van der Waals surface area contributed by atoms with Crippen LogP contribution in [0.3, 0.4) is 0 Å². The predicted molar refractivity (Wildman–Crippen MR) is 85.7 cm³/mol. The van der Waals surface area contributed by atoms with Crippen molar-refractivity contribution in [3.05, 3.63) is 18.2 Å². The van der Waals surface area contributed by atoms with Crippen molar-refractivity contribution >= 4 is 22.8 Å². The Morgan fingerprint density at radius 1 is 1.35 bits per heavy atom. The Bertz CT molecular complexity index is 539. The molecular weight excluding hydrogens is 270 g/mol. The number of methoxy groups -OCH3 is 1. The van der Waals surface area contributed by atoms with E-state index in [4.69, 9.17) is 4.74 Å². The number of ether oxygens (including phenoxy) is 1. The standard InChI is InChI=1S/C15H23N3OS/c1-11(2)6-7-16-8-9-20-15-17-13-5-4-12(19-3)10-14(13)18-15/h4-5,10-11,16H,6-9H2,1-3H3,(H,17,18). The zero-order chi connectivity index (χ0) is 14.4. The second-order valence-corrected chi connectivity index (χ2v) is 6.29. The zero-order valence-corrected chi connectivity index (χ0v) is 13.2. The van der Waals surface area contributed by atoms with Crippen LogP contribution in [0.5, 0.6) is 5.75 Å². The maximum absolute atomic E-state index is 5.21. The molecule has 1 heterocycles. The molecule has 2 N–H and O–H groups in total. The quantitative estimate of drug-likeness (QED) is 0.579. The number of aromatic amines is 1. The van der Waals surface area contributed by atoms with Gasteiger partial charge in [-0.05, 0) is 31.0 Å². The van der Waals surface area contributed by atoms with Crippen molar-refractivity contribution in [3.8, 4) is 5.75 Å². The molecule has 1 aromatic heterocycles. The summed E-state index contributed by atoms with van der Waals surface area (Å²) in [6.07, 6.45) is 1.23. The van der Waals surface area contributed by atoms with Crippen molar-refractivity contribution in [1.82, 2.24) is 15.3 Å². The summed E-state index contributed by atoms with van der Waals surface area (Å²) in [5.74, 6) is 2.64. The lowest BCUT2D eigenvalue weighted by Gasteiger charge is -2.05. The second-order valence-electron chi connectivity index (χ2n) is 5.21. The highest BCUT2D eigenvalue weighted by atomic mass is 32.2. The molecule has 0 saturated heterocycles. The summed E-state index contributed by atoms with van der Waals surface area (Å²) in [5, 5.41) is 4.43. The molecule has 1 aromatic carbocycles. The summed E-state index contributed by atoms with van der Waals surface area (Å²) in [5.41, 5.74) is 2.01. The van der Waals surface area contributed by atoms with Gasteiger partial charge >= 0.3 is 0 Å². The van der Waals surface area contributed by atoms with Gasteiger partial charge < -0.3 is 15.0 Å². The third kappa shape index (κ3) is 4.42. The van der Waals surface area contributed by atoms with Crippen molar-refractivity contribution in [1.29, 1.82) is 0 Å². The Morgan fingerprint density at radius 2 is 2.20 bits per heavy atom. The highest BCUT2D eigenvalue weighted by molar-refractivity contribution is 7.99. The van der Waals surface area contributed by atoms with Crippen LogP contribution in [0.2, 0.25) is 0 Å². The maximum Gasteiger partial charge on any atom is 0.166 e. The number of rotatable bonds is 8. The van der Waals surface area contributed by atoms with E-state index in [0.717, 1.165) is 46.7 Å². The molecule has 110 valence electrons. The minimum absolute atomic E-state index is 0.764. The van der Waals surface area contributed by atoms with Gasteiger partial charge in [-0.15, -0.1) is 0 Å². The predicted octanol–water partition coefficient (Wildman–Crippen LogP) is 3.30. The number of hydrogen-bond acceptors (Lipinski definition) is 4. The van der Waals surface area contributed by atoms with Gasteiger partial charge in [-0.1, -0.05) is 25.6 Å². The number of nitrogens with one attached hydrogen (secondary N) is 2. The smallest absolute Gasteiger partial charge is 0.166 e. The van der Waals surface area contributed by atoms with Gasteiger partial charge in [0.15, 0.2) is 5.16 Å². The van der Waals surface area contributed by atoms with Gasteiger partial charge in [0.05, 0.1) is 18.1 Å². The van der Waals surface area contributed by atoms with Gasteiger partial charge in [-0.2, -0.15) is 0 Å². The molecule has 0 atom stereocenters. The number of thioether (sulfide) groups is 1. The lowest BCUT2D eigenvalue weighted by Crippen LogP contribution is -2.19. The normalized spacial score (nSPS) is 11.4. The zero-order valence-electron chi connectivity index (χ0n) is 12.4. The average Bonchev–Trinajstić information content (AvgIpc) is 2.83. The van der Waals surface area contributed by atoms with E-state index in [1.807, 2.05) is 18.2 Å². The average molecular weight is 293 g/mol. The van der Waals surface area contributed by atoms with Gasteiger partial charge in [-0.3, -0.25) is 0 Å². The summed E-state index contributed by atoms with van der Waals surface area (Å²) in [6.45, 7) is 6.60. The van der Waals surface area contributed by atoms with Crippen LogP contribution in [0.15, 0.2) is 23.4 Å². The van der Waals surface area contributed by atoms with E-state index < -0.39 is 0 Å². The lowest BCUT2D eigenvalue weighted by molar-refractivity contribution is 0.415. The van der Waals surface area contributed by atoms with Crippen molar-refractivity contribution in [2.24, 2.45) is 5.92 Å². The minimum Gasteiger partial charge on any atom is -0.497 e. The third-order valence-electron chi connectivity index (χ3n) is 3.08. The van der Waals surface area contributed by atoms with E-state index in [2.05, 4.69) is 29.1 Å². The molecular formula is C15H23N3OS. The molecule has 2 aromatic rings. The number of benzene rings is 1. The molecule has 0 unspecified atom stereocenters. The van der Waals surface area contributed by atoms with Gasteiger partial charge in [-0.25, -0.2) is 4.98 Å². The van der Waals surface area contributed by atoms with E-state index in [0.29, 0.717) is 0 Å². The first kappa shape index (κ1) is 15.2. The molecule has 0 bridgehead atoms. The van der Waals surface area contributed by atoms with Crippen molar-refractivity contribution in [2.75, 3.05) is 26.0 Å². The van der Waals surface area contributed by atoms with E-state index in [1.54, 1.807) is 18.9 Å². The van der Waals surface area contributed by atoms with Gasteiger partial charge in [0.1, 0.15) is 5.75 Å². The number of fused-ring (bicyclic) bond motifs is 1. The van der Waals surface area contributed by atoms with E-state index in [9.17, 15) is 0 Å². The SMILES string of the molecule is COc1ccc2nc(SCCNCCC(C)C)[nH]c2c1. The summed E-state index contributed by atoms with van der Waals surface area (Å²) in [6, 6.07) is 5.90. The van der Waals surface area contributed by atoms with Gasteiger partial charge in [0, 0.05) is 18.4 Å². The number of aromatic nitrogens is 2. The van der Waals surface area contributed by atoms with E-state index in [-0.39, 0.29) is 0 Å². The van der Waals surface area contributed by atoms with Gasteiger partial charge in [0.25, 0.3) is 0 Å². The first-order chi connectivity index (χ1) is 9.69. The molecule has 0 spiro atoms. The Hall–Kier alpha value is -1.20. The monoisotopic (exact) mass is 293 g/mol. The van der Waals surface area contributed by atoms with Crippen LogP contribution in [0.1, 0.15) is 20.3 Å². The van der Waals surface area contributed by atoms with Crippen LogP contribution in [-0.2, 0) is 0 Å². The fourth-order valence-corrected chi connectivity index (χ4v) is 2.68. The molecule has 2 rings (SSSR count). The molecule has 0 aliphatic carbocycles. The third-order valence-corrected chi connectivity index (χ3v) is 3.96. The molecule has 0 aliphatic rings.